The molecule has 0 unspecified atom stereocenters. The number of aryl methyl sites for hydroxylation is 1. The zero-order valence-corrected chi connectivity index (χ0v) is 12.1. The summed E-state index contributed by atoms with van der Waals surface area (Å²) in [6.07, 6.45) is 0. The summed E-state index contributed by atoms with van der Waals surface area (Å²) in [5, 5.41) is 3.25. The molecule has 0 aliphatic carbocycles. The monoisotopic (exact) mass is 281 g/mol. The Hall–Kier alpha value is -1.83. The van der Waals surface area contributed by atoms with Gasteiger partial charge >= 0.3 is 0 Å². The number of nitrogens with two attached hydrogens (primary N) is 1. The first-order valence-electron chi connectivity index (χ1n) is 6.68. The average molecular weight is 282 g/mol. The van der Waals surface area contributed by atoms with Crippen molar-refractivity contribution in [3.05, 3.63) is 70.7 Å². The van der Waals surface area contributed by atoms with Gasteiger partial charge in [0.25, 0.3) is 0 Å². The third-order valence-electron chi connectivity index (χ3n) is 3.70. The fraction of sp³-hybridized carbons (Fsp3) is 0.111. The van der Waals surface area contributed by atoms with Crippen molar-refractivity contribution >= 4 is 22.4 Å². The fourth-order valence-electron chi connectivity index (χ4n) is 2.59. The van der Waals surface area contributed by atoms with Gasteiger partial charge < -0.3 is 5.73 Å². The second-order valence-corrected chi connectivity index (χ2v) is 5.40. The summed E-state index contributed by atoms with van der Waals surface area (Å²) in [5.41, 5.74) is 10.2. The van der Waals surface area contributed by atoms with Crippen LogP contribution in [0, 0.1) is 6.92 Å². The zero-order chi connectivity index (χ0) is 14.1. The van der Waals surface area contributed by atoms with E-state index in [-0.39, 0.29) is 0 Å². The molecule has 0 aliphatic heterocycles. The maximum atomic E-state index is 6.43. The van der Waals surface area contributed by atoms with Crippen LogP contribution >= 0.6 is 11.6 Å². The Morgan fingerprint density at radius 1 is 0.900 bits per heavy atom. The van der Waals surface area contributed by atoms with E-state index in [0.717, 1.165) is 16.1 Å². The molecule has 0 amide bonds. The molecular formula is C18H16ClN. The standard InChI is InChI=1S/C18H16ClN/c1-12-6-8-16(15-5-3-2-4-14(12)15)17-9-7-13(11-20)10-18(17)19/h2-10H,11,20H2,1H3. The number of hydrogen-bond donors (Lipinski definition) is 1. The summed E-state index contributed by atoms with van der Waals surface area (Å²) in [6.45, 7) is 2.64. The minimum Gasteiger partial charge on any atom is -0.326 e. The molecule has 0 aromatic heterocycles. The molecule has 2 heteroatoms. The van der Waals surface area contributed by atoms with Crippen molar-refractivity contribution in [3.63, 3.8) is 0 Å². The van der Waals surface area contributed by atoms with Crippen LogP contribution in [0.5, 0.6) is 0 Å². The maximum absolute atomic E-state index is 6.43. The van der Waals surface area contributed by atoms with Crippen LogP contribution in [0.4, 0.5) is 0 Å². The van der Waals surface area contributed by atoms with Gasteiger partial charge in [-0.25, -0.2) is 0 Å². The molecule has 3 aromatic rings. The van der Waals surface area contributed by atoms with Gasteiger partial charge in [-0.15, -0.1) is 0 Å². The second kappa shape index (κ2) is 5.28. The van der Waals surface area contributed by atoms with Gasteiger partial charge in [0.1, 0.15) is 0 Å². The number of halogens is 1. The van der Waals surface area contributed by atoms with E-state index in [1.54, 1.807) is 0 Å². The van der Waals surface area contributed by atoms with Crippen molar-refractivity contribution in [2.75, 3.05) is 0 Å². The molecule has 3 aromatic carbocycles. The normalized spacial score (nSPS) is 10.9. The van der Waals surface area contributed by atoms with E-state index < -0.39 is 0 Å². The van der Waals surface area contributed by atoms with Gasteiger partial charge in [-0.3, -0.25) is 0 Å². The summed E-state index contributed by atoms with van der Waals surface area (Å²) in [7, 11) is 0. The van der Waals surface area contributed by atoms with E-state index >= 15 is 0 Å². The molecule has 100 valence electrons. The molecule has 3 rings (SSSR count). The Bertz CT molecular complexity index is 777. The Balaban J connectivity index is 2.27. The quantitative estimate of drug-likeness (QED) is 0.708. The molecule has 1 nitrogen and oxygen atoms in total. The molecule has 0 spiro atoms. The van der Waals surface area contributed by atoms with Crippen molar-refractivity contribution in [3.8, 4) is 11.1 Å². The predicted octanol–water partition coefficient (Wildman–Crippen LogP) is 4.93. The molecule has 0 saturated carbocycles. The smallest absolute Gasteiger partial charge is 0.0487 e. The Labute approximate surface area is 124 Å². The third-order valence-corrected chi connectivity index (χ3v) is 4.01. The van der Waals surface area contributed by atoms with Gasteiger partial charge in [0.05, 0.1) is 0 Å². The largest absolute Gasteiger partial charge is 0.326 e. The molecule has 0 bridgehead atoms. The van der Waals surface area contributed by atoms with Gasteiger partial charge in [-0.1, -0.05) is 60.1 Å². The van der Waals surface area contributed by atoms with Crippen LogP contribution in [0.3, 0.4) is 0 Å². The molecule has 0 aliphatic rings. The Kier molecular flexibility index (Phi) is 3.47. The van der Waals surface area contributed by atoms with Crippen LogP contribution in [0.1, 0.15) is 11.1 Å². The van der Waals surface area contributed by atoms with Crippen LogP contribution in [-0.4, -0.2) is 0 Å². The molecule has 0 fully saturated rings. The van der Waals surface area contributed by atoms with Gasteiger partial charge in [0, 0.05) is 17.1 Å². The van der Waals surface area contributed by atoms with Gasteiger partial charge in [-0.2, -0.15) is 0 Å². The summed E-state index contributed by atoms with van der Waals surface area (Å²) < 4.78 is 0. The third kappa shape index (κ3) is 2.20. The van der Waals surface area contributed by atoms with Crippen LogP contribution in [0.15, 0.2) is 54.6 Å². The first kappa shape index (κ1) is 13.2. The highest BCUT2D eigenvalue weighted by Crippen LogP contribution is 2.35. The molecule has 0 heterocycles. The number of benzene rings is 3. The van der Waals surface area contributed by atoms with Crippen molar-refractivity contribution in [1.82, 2.24) is 0 Å². The van der Waals surface area contributed by atoms with Crippen molar-refractivity contribution in [2.45, 2.75) is 13.5 Å². The summed E-state index contributed by atoms with van der Waals surface area (Å²) in [5.74, 6) is 0. The van der Waals surface area contributed by atoms with E-state index in [4.69, 9.17) is 17.3 Å². The first-order chi connectivity index (χ1) is 9.70. The van der Waals surface area contributed by atoms with Gasteiger partial charge in [0.15, 0.2) is 0 Å². The van der Waals surface area contributed by atoms with Crippen LogP contribution in [-0.2, 0) is 6.54 Å². The number of hydrogen-bond acceptors (Lipinski definition) is 1. The number of fused-ring (bicyclic) bond motifs is 1. The molecule has 0 radical (unpaired) electrons. The lowest BCUT2D eigenvalue weighted by Gasteiger charge is -2.11. The highest BCUT2D eigenvalue weighted by Gasteiger charge is 2.09. The van der Waals surface area contributed by atoms with E-state index in [1.807, 2.05) is 12.1 Å². The molecular weight excluding hydrogens is 266 g/mol. The zero-order valence-electron chi connectivity index (χ0n) is 11.4. The summed E-state index contributed by atoms with van der Waals surface area (Å²) in [4.78, 5) is 0. The Morgan fingerprint density at radius 2 is 1.60 bits per heavy atom. The van der Waals surface area contributed by atoms with Crippen LogP contribution < -0.4 is 5.73 Å². The predicted molar refractivity (Wildman–Crippen MR) is 87.0 cm³/mol. The lowest BCUT2D eigenvalue weighted by Crippen LogP contribution is -1.96. The minimum absolute atomic E-state index is 0.509. The van der Waals surface area contributed by atoms with Crippen LogP contribution in [0.2, 0.25) is 5.02 Å². The molecule has 2 N–H and O–H groups in total. The van der Waals surface area contributed by atoms with Gasteiger partial charge in [-0.05, 0) is 40.5 Å². The SMILES string of the molecule is Cc1ccc(-c2ccc(CN)cc2Cl)c2ccccc12. The van der Waals surface area contributed by atoms with Crippen molar-refractivity contribution in [2.24, 2.45) is 5.73 Å². The molecule has 0 atom stereocenters. The van der Waals surface area contributed by atoms with E-state index in [1.165, 1.54) is 21.9 Å². The average Bonchev–Trinajstić information content (AvgIpc) is 2.48. The highest BCUT2D eigenvalue weighted by molar-refractivity contribution is 6.33. The maximum Gasteiger partial charge on any atom is 0.0487 e. The van der Waals surface area contributed by atoms with Crippen molar-refractivity contribution < 1.29 is 0 Å². The van der Waals surface area contributed by atoms with Crippen LogP contribution in [0.25, 0.3) is 21.9 Å². The lowest BCUT2D eigenvalue weighted by atomic mass is 9.95. The topological polar surface area (TPSA) is 26.0 Å². The van der Waals surface area contributed by atoms with E-state index in [9.17, 15) is 0 Å². The summed E-state index contributed by atoms with van der Waals surface area (Å²) in [6, 6.07) is 18.8. The van der Waals surface area contributed by atoms with E-state index in [0.29, 0.717) is 6.54 Å². The lowest BCUT2D eigenvalue weighted by molar-refractivity contribution is 1.07. The first-order valence-corrected chi connectivity index (χ1v) is 7.05. The number of rotatable bonds is 2. The molecule has 20 heavy (non-hydrogen) atoms. The second-order valence-electron chi connectivity index (χ2n) is 4.99. The van der Waals surface area contributed by atoms with Gasteiger partial charge in [0.2, 0.25) is 0 Å². The van der Waals surface area contributed by atoms with E-state index in [2.05, 4.69) is 49.4 Å². The molecule has 0 saturated heterocycles. The Morgan fingerprint density at radius 3 is 2.30 bits per heavy atom. The van der Waals surface area contributed by atoms with Crippen molar-refractivity contribution in [1.29, 1.82) is 0 Å². The highest BCUT2D eigenvalue weighted by atomic mass is 35.5. The fourth-order valence-corrected chi connectivity index (χ4v) is 2.89. The minimum atomic E-state index is 0.509. The summed E-state index contributed by atoms with van der Waals surface area (Å²) >= 11 is 6.43.